The summed E-state index contributed by atoms with van der Waals surface area (Å²) in [5, 5.41) is 8.35. The van der Waals surface area contributed by atoms with Gasteiger partial charge in [0.15, 0.2) is 5.82 Å². The van der Waals surface area contributed by atoms with Crippen LogP contribution in [0.4, 0.5) is 0 Å². The lowest BCUT2D eigenvalue weighted by molar-refractivity contribution is 0.663. The van der Waals surface area contributed by atoms with E-state index >= 15 is 0 Å². The first-order valence-electron chi connectivity index (χ1n) is 5.62. The lowest BCUT2D eigenvalue weighted by Gasteiger charge is -2.06. The van der Waals surface area contributed by atoms with Gasteiger partial charge in [0, 0.05) is 34.9 Å². The Morgan fingerprint density at radius 3 is 2.67 bits per heavy atom. The van der Waals surface area contributed by atoms with Crippen LogP contribution in [0.2, 0.25) is 5.28 Å². The van der Waals surface area contributed by atoms with Gasteiger partial charge in [-0.2, -0.15) is 0 Å². The Labute approximate surface area is 113 Å². The summed E-state index contributed by atoms with van der Waals surface area (Å²) in [5.74, 6) is 1.41. The Hall–Kier alpha value is -1.20. The largest absolute Gasteiger partial charge is 0.298 e. The van der Waals surface area contributed by atoms with Gasteiger partial charge in [-0.1, -0.05) is 30.3 Å². The van der Waals surface area contributed by atoms with E-state index in [4.69, 9.17) is 11.6 Å². The zero-order valence-corrected chi connectivity index (χ0v) is 11.6. The fraction of sp³-hybridized carbons (Fsp3) is 0.333. The third kappa shape index (κ3) is 3.17. The standard InChI is InChI=1S/C12H14ClN3OS/c1-18(17)9-5-8-16-11(14-15-12(16)13)10-6-3-2-4-7-10/h2-4,6-7H,5,8-9H2,1H3. The lowest BCUT2D eigenvalue weighted by Crippen LogP contribution is -2.05. The van der Waals surface area contributed by atoms with Crippen molar-refractivity contribution in [3.05, 3.63) is 35.6 Å². The van der Waals surface area contributed by atoms with Gasteiger partial charge in [-0.3, -0.25) is 8.78 Å². The molecule has 1 aromatic carbocycles. The summed E-state index contributed by atoms with van der Waals surface area (Å²) in [4.78, 5) is 0. The average molecular weight is 284 g/mol. The van der Waals surface area contributed by atoms with Gasteiger partial charge in [0.2, 0.25) is 5.28 Å². The minimum atomic E-state index is -0.782. The Kier molecular flexibility index (Phi) is 4.49. The van der Waals surface area contributed by atoms with Gasteiger partial charge < -0.3 is 0 Å². The van der Waals surface area contributed by atoms with Crippen LogP contribution in [0.1, 0.15) is 6.42 Å². The number of hydrogen-bond acceptors (Lipinski definition) is 3. The average Bonchev–Trinajstić information content (AvgIpc) is 2.72. The van der Waals surface area contributed by atoms with Crippen LogP contribution in [0.25, 0.3) is 11.4 Å². The van der Waals surface area contributed by atoms with Gasteiger partial charge >= 0.3 is 0 Å². The molecule has 0 spiro atoms. The monoisotopic (exact) mass is 283 g/mol. The van der Waals surface area contributed by atoms with Crippen molar-refractivity contribution in [3.63, 3.8) is 0 Å². The predicted octanol–water partition coefficient (Wildman–Crippen LogP) is 2.37. The maximum Gasteiger partial charge on any atom is 0.225 e. The van der Waals surface area contributed by atoms with Gasteiger partial charge in [-0.15, -0.1) is 10.2 Å². The molecule has 1 aromatic heterocycles. The molecule has 2 rings (SSSR count). The molecule has 0 saturated carbocycles. The van der Waals surface area contributed by atoms with Gasteiger partial charge in [-0.25, -0.2) is 0 Å². The van der Waals surface area contributed by atoms with Crippen LogP contribution in [0.15, 0.2) is 30.3 Å². The zero-order chi connectivity index (χ0) is 13.0. The van der Waals surface area contributed by atoms with Crippen molar-refractivity contribution in [3.8, 4) is 11.4 Å². The molecule has 0 radical (unpaired) electrons. The molecule has 2 aromatic rings. The minimum Gasteiger partial charge on any atom is -0.298 e. The highest BCUT2D eigenvalue weighted by atomic mass is 35.5. The van der Waals surface area contributed by atoms with Crippen LogP contribution in [0, 0.1) is 0 Å². The Balaban J connectivity index is 2.20. The second-order valence-electron chi connectivity index (χ2n) is 3.94. The molecule has 0 aliphatic heterocycles. The molecule has 6 heteroatoms. The van der Waals surface area contributed by atoms with Crippen LogP contribution >= 0.6 is 11.6 Å². The summed E-state index contributed by atoms with van der Waals surface area (Å²) in [5.41, 5.74) is 0.981. The molecule has 1 atom stereocenters. The minimum absolute atomic E-state index is 0.371. The van der Waals surface area contributed by atoms with Crippen LogP contribution in [-0.4, -0.2) is 31.0 Å². The van der Waals surface area contributed by atoms with E-state index in [9.17, 15) is 4.21 Å². The van der Waals surface area contributed by atoms with Crippen LogP contribution in [-0.2, 0) is 17.3 Å². The second kappa shape index (κ2) is 6.11. The summed E-state index contributed by atoms with van der Waals surface area (Å²) in [7, 11) is -0.782. The van der Waals surface area contributed by atoms with Crippen LogP contribution < -0.4 is 0 Å². The summed E-state index contributed by atoms with van der Waals surface area (Å²) < 4.78 is 12.9. The van der Waals surface area contributed by atoms with Crippen molar-refractivity contribution in [2.75, 3.05) is 12.0 Å². The van der Waals surface area contributed by atoms with E-state index in [0.717, 1.165) is 17.8 Å². The van der Waals surface area contributed by atoms with E-state index in [2.05, 4.69) is 10.2 Å². The maximum atomic E-state index is 11.0. The molecule has 0 saturated heterocycles. The van der Waals surface area contributed by atoms with E-state index in [1.165, 1.54) is 0 Å². The van der Waals surface area contributed by atoms with Gasteiger partial charge in [-0.05, 0) is 18.0 Å². The molecule has 0 aliphatic carbocycles. The van der Waals surface area contributed by atoms with E-state index < -0.39 is 10.8 Å². The molecule has 0 amide bonds. The molecular weight excluding hydrogens is 270 g/mol. The first-order valence-corrected chi connectivity index (χ1v) is 7.73. The Bertz CT molecular complexity index is 542. The van der Waals surface area contributed by atoms with Gasteiger partial charge in [0.05, 0.1) is 0 Å². The number of hydrogen-bond donors (Lipinski definition) is 0. The molecule has 1 unspecified atom stereocenters. The molecule has 18 heavy (non-hydrogen) atoms. The molecule has 4 nitrogen and oxygen atoms in total. The fourth-order valence-electron chi connectivity index (χ4n) is 1.71. The first-order chi connectivity index (χ1) is 8.68. The molecule has 0 fully saturated rings. The summed E-state index contributed by atoms with van der Waals surface area (Å²) in [6, 6.07) is 9.78. The van der Waals surface area contributed by atoms with Crippen LogP contribution in [0.3, 0.4) is 0 Å². The SMILES string of the molecule is CS(=O)CCCn1c(Cl)nnc1-c1ccccc1. The van der Waals surface area contributed by atoms with E-state index in [0.29, 0.717) is 17.6 Å². The summed E-state index contributed by atoms with van der Waals surface area (Å²) in [6.45, 7) is 0.676. The first kappa shape index (κ1) is 13.2. The number of aromatic nitrogens is 3. The molecule has 0 N–H and O–H groups in total. The third-order valence-electron chi connectivity index (χ3n) is 2.55. The fourth-order valence-corrected chi connectivity index (χ4v) is 2.45. The van der Waals surface area contributed by atoms with E-state index in [-0.39, 0.29) is 0 Å². The summed E-state index contributed by atoms with van der Waals surface area (Å²) >= 11 is 6.02. The molecular formula is C12H14ClN3OS. The number of benzene rings is 1. The van der Waals surface area contributed by atoms with E-state index in [1.54, 1.807) is 6.26 Å². The van der Waals surface area contributed by atoms with Crippen molar-refractivity contribution in [1.82, 2.24) is 14.8 Å². The normalized spacial score (nSPS) is 12.6. The highest BCUT2D eigenvalue weighted by Gasteiger charge is 2.11. The highest BCUT2D eigenvalue weighted by molar-refractivity contribution is 7.84. The van der Waals surface area contributed by atoms with Crippen molar-refractivity contribution in [2.24, 2.45) is 0 Å². The van der Waals surface area contributed by atoms with Crippen molar-refractivity contribution in [2.45, 2.75) is 13.0 Å². The lowest BCUT2D eigenvalue weighted by atomic mass is 10.2. The Morgan fingerprint density at radius 2 is 2.00 bits per heavy atom. The topological polar surface area (TPSA) is 47.8 Å². The molecule has 96 valence electrons. The smallest absolute Gasteiger partial charge is 0.225 e. The zero-order valence-electron chi connectivity index (χ0n) is 10.0. The number of halogens is 1. The van der Waals surface area contributed by atoms with Gasteiger partial charge in [0.1, 0.15) is 0 Å². The maximum absolute atomic E-state index is 11.0. The number of rotatable bonds is 5. The van der Waals surface area contributed by atoms with Gasteiger partial charge in [0.25, 0.3) is 0 Å². The molecule has 0 bridgehead atoms. The van der Waals surface area contributed by atoms with Crippen molar-refractivity contribution < 1.29 is 4.21 Å². The van der Waals surface area contributed by atoms with Crippen LogP contribution in [0.5, 0.6) is 0 Å². The predicted molar refractivity (Wildman–Crippen MR) is 74.0 cm³/mol. The van der Waals surface area contributed by atoms with E-state index in [1.807, 2.05) is 34.9 Å². The Morgan fingerprint density at radius 1 is 1.28 bits per heavy atom. The van der Waals surface area contributed by atoms with Crippen molar-refractivity contribution >= 4 is 22.4 Å². The molecule has 1 heterocycles. The molecule has 0 aliphatic rings. The summed E-state index contributed by atoms with van der Waals surface area (Å²) in [6.07, 6.45) is 2.49. The second-order valence-corrected chi connectivity index (χ2v) is 5.83. The third-order valence-corrected chi connectivity index (χ3v) is 3.69. The van der Waals surface area contributed by atoms with Crippen molar-refractivity contribution in [1.29, 1.82) is 0 Å². The highest BCUT2D eigenvalue weighted by Crippen LogP contribution is 2.20. The number of nitrogens with zero attached hydrogens (tertiary/aromatic N) is 3. The quantitative estimate of drug-likeness (QED) is 0.846.